The molecule has 0 aromatic heterocycles. The molecule has 2 N–H and O–H groups in total. The van der Waals surface area contributed by atoms with E-state index in [1.807, 2.05) is 13.8 Å². The van der Waals surface area contributed by atoms with E-state index in [0.29, 0.717) is 13.2 Å². The van der Waals surface area contributed by atoms with E-state index in [9.17, 15) is 29.4 Å². The SMILES string of the molecule is CCCOC(=O)CNCC(=O)[O-].CCCOC(=O)CNCC(=O)[O-].[Na+].[Na+]. The van der Waals surface area contributed by atoms with Gasteiger partial charge in [-0.25, -0.2) is 0 Å². The zero-order chi connectivity index (χ0) is 18.8. The van der Waals surface area contributed by atoms with Crippen LogP contribution < -0.4 is 80.0 Å². The molecule has 0 rings (SSSR count). The van der Waals surface area contributed by atoms with Crippen molar-refractivity contribution in [2.45, 2.75) is 26.7 Å². The fourth-order valence-electron chi connectivity index (χ4n) is 1.07. The van der Waals surface area contributed by atoms with Crippen molar-refractivity contribution in [3.8, 4) is 0 Å². The van der Waals surface area contributed by atoms with Crippen molar-refractivity contribution >= 4 is 23.9 Å². The summed E-state index contributed by atoms with van der Waals surface area (Å²) < 4.78 is 9.32. The summed E-state index contributed by atoms with van der Waals surface area (Å²) in [6.45, 7) is 3.64. The van der Waals surface area contributed by atoms with Crippen molar-refractivity contribution in [1.29, 1.82) is 0 Å². The van der Waals surface area contributed by atoms with Gasteiger partial charge in [-0.3, -0.25) is 9.59 Å². The maximum absolute atomic E-state index is 10.7. The second-order valence-electron chi connectivity index (χ2n) is 4.39. The van der Waals surface area contributed by atoms with E-state index >= 15 is 0 Å². The number of ether oxygens (including phenoxy) is 2. The molecular formula is C14H24N2Na2O8. The van der Waals surface area contributed by atoms with Gasteiger partial charge in [0.1, 0.15) is 0 Å². The molecule has 0 heterocycles. The molecule has 0 aliphatic heterocycles. The van der Waals surface area contributed by atoms with Gasteiger partial charge in [-0.15, -0.1) is 0 Å². The number of esters is 2. The molecule has 0 amide bonds. The molecule has 0 aromatic carbocycles. The topological polar surface area (TPSA) is 157 Å². The van der Waals surface area contributed by atoms with Gasteiger partial charge in [0, 0.05) is 13.1 Å². The van der Waals surface area contributed by atoms with Crippen LogP contribution >= 0.6 is 0 Å². The first-order valence-corrected chi connectivity index (χ1v) is 7.45. The summed E-state index contributed by atoms with van der Waals surface area (Å²) in [5.74, 6) is -3.37. The molecule has 12 heteroatoms. The van der Waals surface area contributed by atoms with Crippen LogP contribution in [0.5, 0.6) is 0 Å². The van der Waals surface area contributed by atoms with Crippen LogP contribution in [0.25, 0.3) is 0 Å². The standard InChI is InChI=1S/2C7H13NO4.2Na/c2*1-2-3-12-7(11)5-8-4-6(9)10;;/h2*8H,2-5H2,1H3,(H,9,10);;/q;;2*+1/p-2. The smallest absolute Gasteiger partial charge is 0.549 e. The molecule has 0 radical (unpaired) electrons. The van der Waals surface area contributed by atoms with Crippen LogP contribution in [0.15, 0.2) is 0 Å². The van der Waals surface area contributed by atoms with Crippen molar-refractivity contribution in [3.05, 3.63) is 0 Å². The fraction of sp³-hybridized carbons (Fsp3) is 0.714. The number of carbonyl (C=O) groups excluding carboxylic acids is 4. The Bertz CT molecular complexity index is 361. The minimum absolute atomic E-state index is 0. The number of carboxylic acid groups (broad SMARTS) is 2. The van der Waals surface area contributed by atoms with Crippen molar-refractivity contribution < 1.29 is 98.0 Å². The van der Waals surface area contributed by atoms with Gasteiger partial charge in [-0.1, -0.05) is 13.8 Å². The molecule has 0 saturated heterocycles. The van der Waals surface area contributed by atoms with Crippen LogP contribution in [0, 0.1) is 0 Å². The number of carboxylic acids is 2. The number of hydrogen-bond acceptors (Lipinski definition) is 10. The number of rotatable bonds is 12. The molecule has 0 aliphatic carbocycles. The van der Waals surface area contributed by atoms with E-state index < -0.39 is 23.9 Å². The average molecular weight is 394 g/mol. The largest absolute Gasteiger partial charge is 1.00 e. The third-order valence-corrected chi connectivity index (χ3v) is 2.01. The third-order valence-electron chi connectivity index (χ3n) is 2.01. The Labute approximate surface area is 197 Å². The first-order valence-electron chi connectivity index (χ1n) is 7.45. The summed E-state index contributed by atoms with van der Waals surface area (Å²) in [5, 5.41) is 24.5. The van der Waals surface area contributed by atoms with E-state index in [0.717, 1.165) is 12.8 Å². The van der Waals surface area contributed by atoms with Crippen LogP contribution in [-0.4, -0.2) is 63.3 Å². The summed E-state index contributed by atoms with van der Waals surface area (Å²) in [6.07, 6.45) is 1.51. The number of aliphatic carboxylic acids is 2. The van der Waals surface area contributed by atoms with Gasteiger partial charge in [0.15, 0.2) is 0 Å². The molecule has 0 bridgehead atoms. The molecule has 0 atom stereocenters. The van der Waals surface area contributed by atoms with Gasteiger partial charge >= 0.3 is 71.1 Å². The number of nitrogens with one attached hydrogen (secondary N) is 2. The zero-order valence-corrected chi connectivity index (χ0v) is 19.9. The molecule has 0 aromatic rings. The fourth-order valence-corrected chi connectivity index (χ4v) is 1.07. The normalized spacial score (nSPS) is 8.69. The Balaban J connectivity index is -0.000000173. The Morgan fingerprint density at radius 1 is 0.692 bits per heavy atom. The minimum atomic E-state index is -1.24. The van der Waals surface area contributed by atoms with Gasteiger partial charge in [0.05, 0.1) is 38.2 Å². The van der Waals surface area contributed by atoms with Crippen molar-refractivity contribution in [1.82, 2.24) is 10.6 Å². The minimum Gasteiger partial charge on any atom is -0.549 e. The van der Waals surface area contributed by atoms with Gasteiger partial charge in [-0.2, -0.15) is 0 Å². The Morgan fingerprint density at radius 2 is 1.00 bits per heavy atom. The summed E-state index contributed by atoms with van der Waals surface area (Å²) in [5.41, 5.74) is 0. The molecule has 0 aliphatic rings. The summed E-state index contributed by atoms with van der Waals surface area (Å²) >= 11 is 0. The number of hydrogen-bond donors (Lipinski definition) is 2. The molecule has 0 fully saturated rings. The molecule has 140 valence electrons. The van der Waals surface area contributed by atoms with Gasteiger partial charge in [0.2, 0.25) is 0 Å². The number of carbonyl (C=O) groups is 4. The summed E-state index contributed by atoms with van der Waals surface area (Å²) in [7, 11) is 0. The second-order valence-corrected chi connectivity index (χ2v) is 4.39. The summed E-state index contributed by atoms with van der Waals surface area (Å²) in [4.78, 5) is 41.1. The van der Waals surface area contributed by atoms with E-state index in [4.69, 9.17) is 0 Å². The first kappa shape index (κ1) is 33.4. The maximum Gasteiger partial charge on any atom is 1.00 e. The van der Waals surface area contributed by atoms with Crippen LogP contribution in [0.3, 0.4) is 0 Å². The van der Waals surface area contributed by atoms with Gasteiger partial charge in [-0.05, 0) is 12.8 Å². The van der Waals surface area contributed by atoms with Crippen molar-refractivity contribution in [2.75, 3.05) is 39.4 Å². The van der Waals surface area contributed by atoms with Crippen LogP contribution in [0.4, 0.5) is 0 Å². The molecular weight excluding hydrogens is 370 g/mol. The van der Waals surface area contributed by atoms with Crippen LogP contribution in [0.2, 0.25) is 0 Å². The average Bonchev–Trinajstić information content (AvgIpc) is 2.50. The molecule has 0 saturated carbocycles. The van der Waals surface area contributed by atoms with Crippen molar-refractivity contribution in [2.24, 2.45) is 0 Å². The maximum atomic E-state index is 10.7. The Kier molecular flexibility index (Phi) is 31.8. The molecule has 26 heavy (non-hydrogen) atoms. The predicted octanol–water partition coefficient (Wildman–Crippen LogP) is -9.43. The Hall–Kier alpha value is -0.200. The first-order chi connectivity index (χ1) is 11.3. The summed E-state index contributed by atoms with van der Waals surface area (Å²) in [6, 6.07) is 0. The van der Waals surface area contributed by atoms with Crippen LogP contribution in [0.1, 0.15) is 26.7 Å². The Morgan fingerprint density at radius 3 is 1.23 bits per heavy atom. The van der Waals surface area contributed by atoms with E-state index in [1.54, 1.807) is 0 Å². The van der Waals surface area contributed by atoms with E-state index in [2.05, 4.69) is 20.1 Å². The van der Waals surface area contributed by atoms with Gasteiger partial charge in [0.25, 0.3) is 0 Å². The zero-order valence-electron chi connectivity index (χ0n) is 15.9. The third kappa shape index (κ3) is 31.6. The predicted molar refractivity (Wildman–Crippen MR) is 78.3 cm³/mol. The molecule has 0 unspecified atom stereocenters. The quantitative estimate of drug-likeness (QED) is 0.241. The van der Waals surface area contributed by atoms with E-state index in [-0.39, 0.29) is 85.3 Å². The van der Waals surface area contributed by atoms with E-state index in [1.165, 1.54) is 0 Å². The monoisotopic (exact) mass is 394 g/mol. The molecule has 10 nitrogen and oxygen atoms in total. The van der Waals surface area contributed by atoms with Crippen molar-refractivity contribution in [3.63, 3.8) is 0 Å². The van der Waals surface area contributed by atoms with Crippen LogP contribution in [-0.2, 0) is 28.7 Å². The second kappa shape index (κ2) is 24.8. The molecule has 0 spiro atoms. The van der Waals surface area contributed by atoms with Gasteiger partial charge < -0.3 is 39.9 Å².